The summed E-state index contributed by atoms with van der Waals surface area (Å²) >= 11 is 0. The molecule has 2 aromatic rings. The Morgan fingerprint density at radius 3 is 3.00 bits per heavy atom. The summed E-state index contributed by atoms with van der Waals surface area (Å²) < 4.78 is 5.69. The number of hydrogen-bond acceptors (Lipinski definition) is 5. The standard InChI is InChI=1S/C13H16N4O2/c1-13(11(15)18)4-5-17(7-13)12-16-9-3-2-8(14)6-10(9)19-12/h2-3,6H,4-5,7,14H2,1H3,(H2,15,18). The van der Waals surface area contributed by atoms with Crippen molar-refractivity contribution in [3.63, 3.8) is 0 Å². The van der Waals surface area contributed by atoms with E-state index in [1.54, 1.807) is 12.1 Å². The summed E-state index contributed by atoms with van der Waals surface area (Å²) in [7, 11) is 0. The van der Waals surface area contributed by atoms with Crippen molar-refractivity contribution in [1.29, 1.82) is 0 Å². The highest BCUT2D eigenvalue weighted by atomic mass is 16.4. The summed E-state index contributed by atoms with van der Waals surface area (Å²) in [4.78, 5) is 17.8. The monoisotopic (exact) mass is 260 g/mol. The van der Waals surface area contributed by atoms with Crippen molar-refractivity contribution < 1.29 is 9.21 Å². The van der Waals surface area contributed by atoms with Gasteiger partial charge in [-0.2, -0.15) is 4.98 Å². The number of aromatic nitrogens is 1. The Morgan fingerprint density at radius 1 is 1.53 bits per heavy atom. The van der Waals surface area contributed by atoms with Crippen LogP contribution < -0.4 is 16.4 Å². The molecule has 0 bridgehead atoms. The van der Waals surface area contributed by atoms with E-state index in [9.17, 15) is 4.79 Å². The first kappa shape index (κ1) is 11.8. The molecule has 6 nitrogen and oxygen atoms in total. The van der Waals surface area contributed by atoms with E-state index in [2.05, 4.69) is 4.98 Å². The van der Waals surface area contributed by atoms with Gasteiger partial charge < -0.3 is 20.8 Å². The molecule has 1 fully saturated rings. The Bertz CT molecular complexity index is 651. The average molecular weight is 260 g/mol. The van der Waals surface area contributed by atoms with Crippen LogP contribution in [-0.4, -0.2) is 24.0 Å². The first-order valence-electron chi connectivity index (χ1n) is 6.19. The molecule has 1 aliphatic heterocycles. The van der Waals surface area contributed by atoms with Gasteiger partial charge in [-0.1, -0.05) is 0 Å². The number of oxazole rings is 1. The lowest BCUT2D eigenvalue weighted by molar-refractivity contribution is -0.125. The molecule has 0 aliphatic carbocycles. The van der Waals surface area contributed by atoms with E-state index >= 15 is 0 Å². The van der Waals surface area contributed by atoms with Crippen LogP contribution in [0.2, 0.25) is 0 Å². The van der Waals surface area contributed by atoms with Gasteiger partial charge in [-0.3, -0.25) is 4.79 Å². The second-order valence-electron chi connectivity index (χ2n) is 5.32. The van der Waals surface area contributed by atoms with Gasteiger partial charge >= 0.3 is 0 Å². The predicted octanol–water partition coefficient (Wildman–Crippen LogP) is 1.11. The third kappa shape index (κ3) is 1.89. The highest BCUT2D eigenvalue weighted by Gasteiger charge is 2.40. The molecule has 0 spiro atoms. The van der Waals surface area contributed by atoms with E-state index in [-0.39, 0.29) is 5.91 Å². The molecule has 19 heavy (non-hydrogen) atoms. The van der Waals surface area contributed by atoms with Crippen molar-refractivity contribution in [1.82, 2.24) is 4.98 Å². The lowest BCUT2D eigenvalue weighted by atomic mass is 9.89. The van der Waals surface area contributed by atoms with E-state index < -0.39 is 5.41 Å². The van der Waals surface area contributed by atoms with Gasteiger partial charge in [-0.15, -0.1) is 0 Å². The SMILES string of the molecule is CC1(C(N)=O)CCN(c2nc3ccc(N)cc3o2)C1. The molecule has 1 aromatic heterocycles. The molecule has 100 valence electrons. The van der Waals surface area contributed by atoms with Crippen LogP contribution in [0.15, 0.2) is 22.6 Å². The molecule has 3 rings (SSSR count). The molecule has 2 heterocycles. The normalized spacial score (nSPS) is 23.1. The number of amides is 1. The third-order valence-corrected chi connectivity index (χ3v) is 3.74. The van der Waals surface area contributed by atoms with Gasteiger partial charge in [0.15, 0.2) is 5.58 Å². The summed E-state index contributed by atoms with van der Waals surface area (Å²) in [6.07, 6.45) is 0.712. The second kappa shape index (κ2) is 3.88. The largest absolute Gasteiger partial charge is 0.423 e. The minimum atomic E-state index is -0.514. The fourth-order valence-electron chi connectivity index (χ4n) is 2.39. The molecule has 1 aliphatic rings. The van der Waals surface area contributed by atoms with Gasteiger partial charge in [-0.05, 0) is 25.5 Å². The van der Waals surface area contributed by atoms with Gasteiger partial charge in [-0.25, -0.2) is 0 Å². The number of nitrogens with zero attached hydrogens (tertiary/aromatic N) is 2. The smallest absolute Gasteiger partial charge is 0.298 e. The van der Waals surface area contributed by atoms with E-state index in [0.717, 1.165) is 5.52 Å². The molecule has 1 saturated heterocycles. The quantitative estimate of drug-likeness (QED) is 0.788. The maximum absolute atomic E-state index is 11.4. The van der Waals surface area contributed by atoms with Gasteiger partial charge in [0.2, 0.25) is 5.91 Å². The zero-order valence-corrected chi connectivity index (χ0v) is 10.7. The number of rotatable bonds is 2. The van der Waals surface area contributed by atoms with Crippen LogP contribution in [0.5, 0.6) is 0 Å². The molecule has 1 amide bonds. The Labute approximate surface area is 110 Å². The highest BCUT2D eigenvalue weighted by Crippen LogP contribution is 2.34. The number of carbonyl (C=O) groups is 1. The number of primary amides is 1. The number of carbonyl (C=O) groups excluding carboxylic acids is 1. The van der Waals surface area contributed by atoms with Crippen LogP contribution >= 0.6 is 0 Å². The molecule has 0 saturated carbocycles. The number of nitrogen functional groups attached to an aromatic ring is 1. The van der Waals surface area contributed by atoms with Gasteiger partial charge in [0.1, 0.15) is 5.52 Å². The fraction of sp³-hybridized carbons (Fsp3) is 0.385. The van der Waals surface area contributed by atoms with Crippen LogP contribution in [0.1, 0.15) is 13.3 Å². The molecule has 1 atom stereocenters. The molecule has 6 heteroatoms. The lowest BCUT2D eigenvalue weighted by Gasteiger charge is -2.19. The molecule has 1 unspecified atom stereocenters. The Balaban J connectivity index is 1.92. The van der Waals surface area contributed by atoms with Crippen LogP contribution in [-0.2, 0) is 4.79 Å². The van der Waals surface area contributed by atoms with Crippen molar-refractivity contribution in [2.75, 3.05) is 23.7 Å². The maximum atomic E-state index is 11.4. The first-order chi connectivity index (χ1) is 8.98. The molecule has 4 N–H and O–H groups in total. The minimum Gasteiger partial charge on any atom is -0.423 e. The summed E-state index contributed by atoms with van der Waals surface area (Å²) in [5, 5.41) is 0. The van der Waals surface area contributed by atoms with Crippen LogP contribution in [0.4, 0.5) is 11.7 Å². The van der Waals surface area contributed by atoms with E-state index in [1.165, 1.54) is 0 Å². The van der Waals surface area contributed by atoms with Crippen LogP contribution in [0, 0.1) is 5.41 Å². The summed E-state index contributed by atoms with van der Waals surface area (Å²) in [5.74, 6) is -0.282. The predicted molar refractivity (Wildman–Crippen MR) is 72.6 cm³/mol. The van der Waals surface area contributed by atoms with Crippen molar-refractivity contribution >= 4 is 28.7 Å². The highest BCUT2D eigenvalue weighted by molar-refractivity contribution is 5.82. The van der Waals surface area contributed by atoms with Gasteiger partial charge in [0, 0.05) is 24.8 Å². The van der Waals surface area contributed by atoms with E-state index in [4.69, 9.17) is 15.9 Å². The summed E-state index contributed by atoms with van der Waals surface area (Å²) in [5.41, 5.74) is 12.7. The molecule has 0 radical (unpaired) electrons. The zero-order valence-electron chi connectivity index (χ0n) is 10.7. The van der Waals surface area contributed by atoms with Crippen LogP contribution in [0.25, 0.3) is 11.1 Å². The van der Waals surface area contributed by atoms with Crippen molar-refractivity contribution in [3.05, 3.63) is 18.2 Å². The number of hydrogen-bond donors (Lipinski definition) is 2. The minimum absolute atomic E-state index is 0.282. The van der Waals surface area contributed by atoms with Crippen molar-refractivity contribution in [3.8, 4) is 0 Å². The van der Waals surface area contributed by atoms with Crippen LogP contribution in [0.3, 0.4) is 0 Å². The topological polar surface area (TPSA) is 98.4 Å². The lowest BCUT2D eigenvalue weighted by Crippen LogP contribution is -2.37. The summed E-state index contributed by atoms with van der Waals surface area (Å²) in [6, 6.07) is 5.87. The molecule has 1 aromatic carbocycles. The number of fused-ring (bicyclic) bond motifs is 1. The fourth-order valence-corrected chi connectivity index (χ4v) is 2.39. The Morgan fingerprint density at radius 2 is 2.32 bits per heavy atom. The number of benzene rings is 1. The van der Waals surface area contributed by atoms with Crippen molar-refractivity contribution in [2.24, 2.45) is 11.1 Å². The van der Waals surface area contributed by atoms with Gasteiger partial charge in [0.25, 0.3) is 6.01 Å². The second-order valence-corrected chi connectivity index (χ2v) is 5.32. The van der Waals surface area contributed by atoms with Gasteiger partial charge in [0.05, 0.1) is 5.41 Å². The number of anilines is 2. The summed E-state index contributed by atoms with van der Waals surface area (Å²) in [6.45, 7) is 3.11. The zero-order chi connectivity index (χ0) is 13.6. The Hall–Kier alpha value is -2.24. The Kier molecular flexibility index (Phi) is 2.41. The molecular weight excluding hydrogens is 244 g/mol. The van der Waals surface area contributed by atoms with E-state index in [0.29, 0.717) is 36.8 Å². The third-order valence-electron chi connectivity index (χ3n) is 3.74. The maximum Gasteiger partial charge on any atom is 0.298 e. The average Bonchev–Trinajstić information content (AvgIpc) is 2.93. The first-order valence-corrected chi connectivity index (χ1v) is 6.19. The van der Waals surface area contributed by atoms with Crippen molar-refractivity contribution in [2.45, 2.75) is 13.3 Å². The van der Waals surface area contributed by atoms with E-state index in [1.807, 2.05) is 17.9 Å². The number of nitrogens with two attached hydrogens (primary N) is 2. The molecular formula is C13H16N4O2.